The lowest BCUT2D eigenvalue weighted by Gasteiger charge is -2.02. The van der Waals surface area contributed by atoms with Crippen molar-refractivity contribution < 1.29 is 8.42 Å². The molecular weight excluding hydrogens is 228 g/mol. The van der Waals surface area contributed by atoms with Crippen LogP contribution >= 0.6 is 22.4 Å². The monoisotopic (exact) mass is 234 g/mol. The Morgan fingerprint density at radius 1 is 1.38 bits per heavy atom. The van der Waals surface area contributed by atoms with Crippen molar-refractivity contribution >= 4 is 31.5 Å². The van der Waals surface area contributed by atoms with Crippen LogP contribution in [0.4, 0.5) is 0 Å². The third-order valence-corrected chi connectivity index (χ3v) is 4.61. The van der Waals surface area contributed by atoms with E-state index in [1.54, 1.807) is 23.9 Å². The molecule has 0 radical (unpaired) electrons. The van der Waals surface area contributed by atoms with Crippen molar-refractivity contribution in [2.45, 2.75) is 16.2 Å². The Balaban J connectivity index is 2.67. The Hall–Kier alpha value is -0.190. The number of benzene rings is 1. The Labute approximate surface area is 85.7 Å². The van der Waals surface area contributed by atoms with Gasteiger partial charge in [0.1, 0.15) is 0 Å². The second-order valence-electron chi connectivity index (χ2n) is 2.78. The molecule has 0 saturated carbocycles. The SMILES string of the molecule is O=S(=O)(Cl)c1cccc2c1SCC2. The zero-order valence-corrected chi connectivity index (χ0v) is 9.05. The van der Waals surface area contributed by atoms with Gasteiger partial charge < -0.3 is 0 Å². The van der Waals surface area contributed by atoms with Gasteiger partial charge in [0, 0.05) is 21.3 Å². The van der Waals surface area contributed by atoms with Gasteiger partial charge in [0.15, 0.2) is 0 Å². The van der Waals surface area contributed by atoms with Crippen molar-refractivity contribution in [1.82, 2.24) is 0 Å². The summed E-state index contributed by atoms with van der Waals surface area (Å²) in [7, 11) is 1.72. The topological polar surface area (TPSA) is 34.1 Å². The number of halogens is 1. The van der Waals surface area contributed by atoms with Gasteiger partial charge in [-0.15, -0.1) is 11.8 Å². The molecule has 0 spiro atoms. The molecule has 70 valence electrons. The van der Waals surface area contributed by atoms with Crippen LogP contribution in [0.15, 0.2) is 28.0 Å². The molecule has 0 N–H and O–H groups in total. The van der Waals surface area contributed by atoms with E-state index in [4.69, 9.17) is 10.7 Å². The van der Waals surface area contributed by atoms with Crippen LogP contribution in [-0.4, -0.2) is 14.2 Å². The molecule has 0 aromatic heterocycles. The van der Waals surface area contributed by atoms with E-state index < -0.39 is 9.05 Å². The summed E-state index contributed by atoms with van der Waals surface area (Å²) < 4.78 is 22.3. The molecule has 0 fully saturated rings. The quantitative estimate of drug-likeness (QED) is 0.699. The fourth-order valence-corrected chi connectivity index (χ4v) is 4.09. The van der Waals surface area contributed by atoms with Crippen LogP contribution in [0.2, 0.25) is 0 Å². The van der Waals surface area contributed by atoms with Crippen molar-refractivity contribution in [3.05, 3.63) is 23.8 Å². The van der Waals surface area contributed by atoms with Crippen molar-refractivity contribution in [3.63, 3.8) is 0 Å². The fraction of sp³-hybridized carbons (Fsp3) is 0.250. The molecule has 0 unspecified atom stereocenters. The third-order valence-electron chi connectivity index (χ3n) is 1.94. The minimum absolute atomic E-state index is 0.258. The molecular formula is C8H7ClO2S2. The Bertz CT molecular complexity index is 439. The molecule has 0 atom stereocenters. The van der Waals surface area contributed by atoms with Crippen LogP contribution in [0.1, 0.15) is 5.56 Å². The van der Waals surface area contributed by atoms with Crippen LogP contribution in [0.5, 0.6) is 0 Å². The normalized spacial score (nSPS) is 15.8. The predicted octanol–water partition coefficient (Wildman–Crippen LogP) is 2.26. The zero-order valence-electron chi connectivity index (χ0n) is 6.66. The summed E-state index contributed by atoms with van der Waals surface area (Å²) in [4.78, 5) is 1.09. The van der Waals surface area contributed by atoms with Gasteiger partial charge in [-0.05, 0) is 18.1 Å². The van der Waals surface area contributed by atoms with Crippen LogP contribution in [-0.2, 0) is 15.5 Å². The van der Waals surface area contributed by atoms with Crippen LogP contribution < -0.4 is 0 Å². The van der Waals surface area contributed by atoms with Gasteiger partial charge in [-0.25, -0.2) is 8.42 Å². The van der Waals surface area contributed by atoms with E-state index in [2.05, 4.69) is 0 Å². The highest BCUT2D eigenvalue weighted by Crippen LogP contribution is 2.37. The largest absolute Gasteiger partial charge is 0.262 e. The van der Waals surface area contributed by atoms with E-state index in [-0.39, 0.29) is 4.90 Å². The molecule has 1 heterocycles. The van der Waals surface area contributed by atoms with Gasteiger partial charge >= 0.3 is 0 Å². The second-order valence-corrected chi connectivity index (χ2v) is 6.42. The summed E-state index contributed by atoms with van der Waals surface area (Å²) in [5.41, 5.74) is 1.09. The summed E-state index contributed by atoms with van der Waals surface area (Å²) in [6.45, 7) is 0. The molecule has 0 bridgehead atoms. The van der Waals surface area contributed by atoms with Gasteiger partial charge in [-0.3, -0.25) is 0 Å². The molecule has 0 aliphatic carbocycles. The summed E-state index contributed by atoms with van der Waals surface area (Å²) in [6, 6.07) is 5.24. The highest BCUT2D eigenvalue weighted by molar-refractivity contribution is 8.14. The molecule has 0 saturated heterocycles. The Morgan fingerprint density at radius 2 is 2.15 bits per heavy atom. The first-order valence-corrected chi connectivity index (χ1v) is 7.08. The minimum Gasteiger partial charge on any atom is -0.207 e. The van der Waals surface area contributed by atoms with E-state index in [0.717, 1.165) is 22.6 Å². The molecule has 1 aromatic carbocycles. The number of hydrogen-bond donors (Lipinski definition) is 0. The number of rotatable bonds is 1. The van der Waals surface area contributed by atoms with Gasteiger partial charge in [-0.1, -0.05) is 12.1 Å². The summed E-state index contributed by atoms with van der Waals surface area (Å²) in [5, 5.41) is 0. The number of aryl methyl sites for hydroxylation is 1. The molecule has 2 nitrogen and oxygen atoms in total. The first-order chi connectivity index (χ1) is 6.09. The van der Waals surface area contributed by atoms with E-state index in [0.29, 0.717) is 0 Å². The van der Waals surface area contributed by atoms with Gasteiger partial charge in [-0.2, -0.15) is 0 Å². The Kier molecular flexibility index (Phi) is 2.30. The third kappa shape index (κ3) is 1.71. The molecule has 5 heteroatoms. The van der Waals surface area contributed by atoms with Crippen LogP contribution in [0.25, 0.3) is 0 Å². The summed E-state index contributed by atoms with van der Waals surface area (Å²) in [5.74, 6) is 0.943. The first kappa shape index (κ1) is 9.37. The summed E-state index contributed by atoms with van der Waals surface area (Å²) >= 11 is 1.56. The van der Waals surface area contributed by atoms with Crippen molar-refractivity contribution in [3.8, 4) is 0 Å². The lowest BCUT2D eigenvalue weighted by atomic mass is 10.2. The minimum atomic E-state index is -3.58. The molecule has 13 heavy (non-hydrogen) atoms. The molecule has 0 amide bonds. The van der Waals surface area contributed by atoms with Crippen LogP contribution in [0, 0.1) is 0 Å². The summed E-state index contributed by atoms with van der Waals surface area (Å²) in [6.07, 6.45) is 0.931. The lowest BCUT2D eigenvalue weighted by molar-refractivity contribution is 0.607. The second kappa shape index (κ2) is 3.19. The number of thioether (sulfide) groups is 1. The van der Waals surface area contributed by atoms with Gasteiger partial charge in [0.25, 0.3) is 9.05 Å². The van der Waals surface area contributed by atoms with E-state index in [1.807, 2.05) is 6.07 Å². The van der Waals surface area contributed by atoms with E-state index in [1.165, 1.54) is 0 Å². The first-order valence-electron chi connectivity index (χ1n) is 3.78. The van der Waals surface area contributed by atoms with Crippen molar-refractivity contribution in [2.75, 3.05) is 5.75 Å². The highest BCUT2D eigenvalue weighted by atomic mass is 35.7. The van der Waals surface area contributed by atoms with Crippen molar-refractivity contribution in [1.29, 1.82) is 0 Å². The average Bonchev–Trinajstić information content (AvgIpc) is 2.48. The smallest absolute Gasteiger partial charge is 0.207 e. The lowest BCUT2D eigenvalue weighted by Crippen LogP contribution is -1.93. The maximum atomic E-state index is 11.1. The molecule has 1 aliphatic rings. The molecule has 2 rings (SSSR count). The van der Waals surface area contributed by atoms with Crippen molar-refractivity contribution in [2.24, 2.45) is 0 Å². The maximum Gasteiger partial charge on any atom is 0.262 e. The van der Waals surface area contributed by atoms with Gasteiger partial charge in [0.2, 0.25) is 0 Å². The van der Waals surface area contributed by atoms with Gasteiger partial charge in [0.05, 0.1) is 4.90 Å². The van der Waals surface area contributed by atoms with E-state index in [9.17, 15) is 8.42 Å². The highest BCUT2D eigenvalue weighted by Gasteiger charge is 2.21. The zero-order chi connectivity index (χ0) is 9.47. The number of hydrogen-bond acceptors (Lipinski definition) is 3. The molecule has 1 aliphatic heterocycles. The van der Waals surface area contributed by atoms with Crippen LogP contribution in [0.3, 0.4) is 0 Å². The standard InChI is InChI=1S/C8H7ClO2S2/c9-13(10,11)7-3-1-2-6-4-5-12-8(6)7/h1-3H,4-5H2. The predicted molar refractivity (Wildman–Crippen MR) is 53.9 cm³/mol. The molecule has 1 aromatic rings. The Morgan fingerprint density at radius 3 is 2.85 bits per heavy atom. The fourth-order valence-electron chi connectivity index (χ4n) is 1.38. The maximum absolute atomic E-state index is 11.1. The average molecular weight is 235 g/mol. The van der Waals surface area contributed by atoms with E-state index >= 15 is 0 Å². The number of fused-ring (bicyclic) bond motifs is 1.